The Morgan fingerprint density at radius 1 is 1.32 bits per heavy atom. The van der Waals surface area contributed by atoms with Gasteiger partial charge in [0, 0.05) is 23.9 Å². The van der Waals surface area contributed by atoms with Crippen LogP contribution in [0.25, 0.3) is 21.9 Å². The van der Waals surface area contributed by atoms with Crippen LogP contribution in [0, 0.1) is 6.92 Å². The van der Waals surface area contributed by atoms with Crippen molar-refractivity contribution in [1.82, 2.24) is 4.98 Å². The average molecular weight is 301 g/mol. The first-order valence-corrected chi connectivity index (χ1v) is 6.79. The third-order valence-corrected chi connectivity index (χ3v) is 3.31. The smallest absolute Gasteiger partial charge is 0.354 e. The van der Waals surface area contributed by atoms with Gasteiger partial charge in [0.1, 0.15) is 23.6 Å². The number of benzene rings is 1. The van der Waals surface area contributed by atoms with Gasteiger partial charge in [-0.3, -0.25) is 0 Å². The summed E-state index contributed by atoms with van der Waals surface area (Å²) in [5.41, 5.74) is 0.967. The van der Waals surface area contributed by atoms with Crippen LogP contribution in [-0.2, 0) is 4.74 Å². The summed E-state index contributed by atoms with van der Waals surface area (Å²) in [5.74, 6) is 0.0843. The molecule has 0 fully saturated rings. The molecule has 6 heteroatoms. The summed E-state index contributed by atoms with van der Waals surface area (Å²) in [5, 5.41) is 10.8. The summed E-state index contributed by atoms with van der Waals surface area (Å²) in [7, 11) is 1.58. The highest BCUT2D eigenvalue weighted by Crippen LogP contribution is 2.32. The minimum absolute atomic E-state index is 0.0820. The zero-order valence-electron chi connectivity index (χ0n) is 12.3. The number of rotatable bonds is 5. The maximum absolute atomic E-state index is 11.3. The van der Waals surface area contributed by atoms with Gasteiger partial charge in [0.25, 0.3) is 0 Å². The van der Waals surface area contributed by atoms with Crippen molar-refractivity contribution < 1.29 is 23.8 Å². The Balaban J connectivity index is 2.23. The molecule has 0 saturated carbocycles. The maximum Gasteiger partial charge on any atom is 0.354 e. The highest BCUT2D eigenvalue weighted by molar-refractivity contribution is 6.06. The summed E-state index contributed by atoms with van der Waals surface area (Å²) >= 11 is 0. The van der Waals surface area contributed by atoms with E-state index in [-0.39, 0.29) is 5.69 Å². The SMILES string of the molecule is COCCOc1cc(C(=O)O)nc2c1ccc1cc(C)oc12. The lowest BCUT2D eigenvalue weighted by atomic mass is 10.1. The Labute approximate surface area is 126 Å². The van der Waals surface area contributed by atoms with Gasteiger partial charge in [0.05, 0.1) is 6.61 Å². The quantitative estimate of drug-likeness (QED) is 0.729. The molecule has 0 aliphatic heterocycles. The maximum atomic E-state index is 11.3. The molecule has 1 aromatic carbocycles. The summed E-state index contributed by atoms with van der Waals surface area (Å²) in [4.78, 5) is 15.5. The molecule has 0 spiro atoms. The Bertz CT molecular complexity index is 852. The van der Waals surface area contributed by atoms with Crippen molar-refractivity contribution >= 4 is 27.8 Å². The molecule has 0 aliphatic carbocycles. The monoisotopic (exact) mass is 301 g/mol. The molecule has 3 rings (SSSR count). The number of aromatic carboxylic acids is 1. The molecule has 3 aromatic rings. The number of ether oxygens (including phenoxy) is 2. The van der Waals surface area contributed by atoms with Gasteiger partial charge in [-0.25, -0.2) is 9.78 Å². The van der Waals surface area contributed by atoms with Crippen molar-refractivity contribution in [2.75, 3.05) is 20.3 Å². The van der Waals surface area contributed by atoms with Crippen LogP contribution in [0.4, 0.5) is 0 Å². The van der Waals surface area contributed by atoms with E-state index in [4.69, 9.17) is 13.9 Å². The Morgan fingerprint density at radius 3 is 2.86 bits per heavy atom. The standard InChI is InChI=1S/C16H15NO5/c1-9-7-10-3-4-11-13(21-6-5-20-2)8-12(16(18)19)17-14(11)15(10)22-9/h3-4,7-8H,5-6H2,1-2H3,(H,18,19). The first kappa shape index (κ1) is 14.3. The number of carbonyl (C=O) groups is 1. The van der Waals surface area contributed by atoms with Crippen LogP contribution in [0.3, 0.4) is 0 Å². The van der Waals surface area contributed by atoms with Gasteiger partial charge in [0.15, 0.2) is 11.3 Å². The fourth-order valence-corrected chi connectivity index (χ4v) is 2.35. The van der Waals surface area contributed by atoms with Crippen molar-refractivity contribution in [1.29, 1.82) is 0 Å². The Kier molecular flexibility index (Phi) is 3.68. The molecule has 2 heterocycles. The normalized spacial score (nSPS) is 11.2. The van der Waals surface area contributed by atoms with Gasteiger partial charge in [-0.05, 0) is 19.1 Å². The van der Waals surface area contributed by atoms with Gasteiger partial charge in [-0.15, -0.1) is 0 Å². The zero-order valence-corrected chi connectivity index (χ0v) is 12.3. The van der Waals surface area contributed by atoms with E-state index in [1.54, 1.807) is 7.11 Å². The number of hydrogen-bond donors (Lipinski definition) is 1. The van der Waals surface area contributed by atoms with Gasteiger partial charge in [0.2, 0.25) is 0 Å². The molecule has 22 heavy (non-hydrogen) atoms. The molecule has 0 amide bonds. The topological polar surface area (TPSA) is 81.8 Å². The average Bonchev–Trinajstić information content (AvgIpc) is 2.87. The van der Waals surface area contributed by atoms with E-state index in [0.717, 1.165) is 11.1 Å². The van der Waals surface area contributed by atoms with Crippen LogP contribution in [0.2, 0.25) is 0 Å². The van der Waals surface area contributed by atoms with E-state index in [9.17, 15) is 9.90 Å². The van der Waals surface area contributed by atoms with Crippen LogP contribution < -0.4 is 4.74 Å². The molecule has 6 nitrogen and oxygen atoms in total. The van der Waals surface area contributed by atoms with E-state index in [1.807, 2.05) is 25.1 Å². The summed E-state index contributed by atoms with van der Waals surface area (Å²) in [6.45, 7) is 2.57. The molecule has 2 aromatic heterocycles. The predicted molar refractivity (Wildman–Crippen MR) is 80.6 cm³/mol. The molecular weight excluding hydrogens is 286 g/mol. The van der Waals surface area contributed by atoms with E-state index in [0.29, 0.717) is 35.4 Å². The van der Waals surface area contributed by atoms with Gasteiger partial charge >= 0.3 is 5.97 Å². The van der Waals surface area contributed by atoms with Crippen LogP contribution in [-0.4, -0.2) is 36.4 Å². The summed E-state index contributed by atoms with van der Waals surface area (Å²) < 4.78 is 16.2. The molecule has 0 saturated heterocycles. The van der Waals surface area contributed by atoms with Crippen LogP contribution in [0.15, 0.2) is 28.7 Å². The number of nitrogens with zero attached hydrogens (tertiary/aromatic N) is 1. The number of aromatic nitrogens is 1. The fourth-order valence-electron chi connectivity index (χ4n) is 2.35. The van der Waals surface area contributed by atoms with E-state index < -0.39 is 5.97 Å². The van der Waals surface area contributed by atoms with Crippen molar-refractivity contribution in [2.45, 2.75) is 6.92 Å². The van der Waals surface area contributed by atoms with Crippen molar-refractivity contribution in [3.05, 3.63) is 35.7 Å². The second kappa shape index (κ2) is 5.65. The highest BCUT2D eigenvalue weighted by Gasteiger charge is 2.16. The number of methoxy groups -OCH3 is 1. The second-order valence-corrected chi connectivity index (χ2v) is 4.89. The highest BCUT2D eigenvalue weighted by atomic mass is 16.5. The van der Waals surface area contributed by atoms with E-state index in [1.165, 1.54) is 6.07 Å². The fraction of sp³-hybridized carbons (Fsp3) is 0.250. The molecule has 0 bridgehead atoms. The lowest BCUT2D eigenvalue weighted by Crippen LogP contribution is -2.07. The number of hydrogen-bond acceptors (Lipinski definition) is 5. The van der Waals surface area contributed by atoms with Crippen LogP contribution >= 0.6 is 0 Å². The number of carboxylic acid groups (broad SMARTS) is 1. The molecular formula is C16H15NO5. The first-order chi connectivity index (χ1) is 10.6. The van der Waals surface area contributed by atoms with Gasteiger partial charge in [-0.2, -0.15) is 0 Å². The number of aryl methyl sites for hydroxylation is 1. The van der Waals surface area contributed by atoms with Crippen molar-refractivity contribution in [2.24, 2.45) is 0 Å². The largest absolute Gasteiger partial charge is 0.490 e. The molecule has 0 atom stereocenters. The lowest BCUT2D eigenvalue weighted by molar-refractivity contribution is 0.0690. The zero-order chi connectivity index (χ0) is 15.7. The number of fused-ring (bicyclic) bond motifs is 3. The molecule has 114 valence electrons. The van der Waals surface area contributed by atoms with E-state index >= 15 is 0 Å². The van der Waals surface area contributed by atoms with Crippen LogP contribution in [0.1, 0.15) is 16.2 Å². The third kappa shape index (κ3) is 2.48. The second-order valence-electron chi connectivity index (χ2n) is 4.89. The number of carboxylic acids is 1. The Hall–Kier alpha value is -2.60. The lowest BCUT2D eigenvalue weighted by Gasteiger charge is -2.10. The summed E-state index contributed by atoms with van der Waals surface area (Å²) in [6.07, 6.45) is 0. The molecule has 1 N–H and O–H groups in total. The summed E-state index contributed by atoms with van der Waals surface area (Å²) in [6, 6.07) is 7.06. The number of pyridine rings is 1. The van der Waals surface area contributed by atoms with Crippen LogP contribution in [0.5, 0.6) is 5.75 Å². The minimum atomic E-state index is -1.11. The first-order valence-electron chi connectivity index (χ1n) is 6.79. The molecule has 0 aliphatic rings. The third-order valence-electron chi connectivity index (χ3n) is 3.31. The molecule has 0 unspecified atom stereocenters. The van der Waals surface area contributed by atoms with Crippen molar-refractivity contribution in [3.63, 3.8) is 0 Å². The van der Waals surface area contributed by atoms with Gasteiger partial charge < -0.3 is 19.0 Å². The molecule has 0 radical (unpaired) electrons. The van der Waals surface area contributed by atoms with Crippen molar-refractivity contribution in [3.8, 4) is 5.75 Å². The Morgan fingerprint density at radius 2 is 2.14 bits per heavy atom. The predicted octanol–water partition coefficient (Wildman–Crippen LogP) is 3.01. The number of furan rings is 1. The minimum Gasteiger partial charge on any atom is -0.490 e. The van der Waals surface area contributed by atoms with E-state index in [2.05, 4.69) is 4.98 Å². The van der Waals surface area contributed by atoms with Gasteiger partial charge in [-0.1, -0.05) is 6.07 Å².